The second kappa shape index (κ2) is 5.72. The monoisotopic (exact) mass is 239 g/mol. The molecule has 0 fully saturated rings. The molecule has 0 bridgehead atoms. The zero-order valence-corrected chi connectivity index (χ0v) is 10.00. The van der Waals surface area contributed by atoms with Crippen molar-refractivity contribution in [2.24, 2.45) is 0 Å². The van der Waals surface area contributed by atoms with Gasteiger partial charge in [0.15, 0.2) is 0 Å². The van der Waals surface area contributed by atoms with Gasteiger partial charge in [-0.05, 0) is 29.8 Å². The summed E-state index contributed by atoms with van der Waals surface area (Å²) < 4.78 is 0. The SMILES string of the molecule is CNC(=O)c1ccc(/C=C/c2ccncn2)cc1. The zero-order valence-electron chi connectivity index (χ0n) is 10.00. The van der Waals surface area contributed by atoms with Gasteiger partial charge in [-0.2, -0.15) is 0 Å². The summed E-state index contributed by atoms with van der Waals surface area (Å²) in [4.78, 5) is 19.3. The third-order valence-electron chi connectivity index (χ3n) is 2.45. The highest BCUT2D eigenvalue weighted by molar-refractivity contribution is 5.94. The molecule has 4 nitrogen and oxygen atoms in total. The van der Waals surface area contributed by atoms with Crippen LogP contribution in [0.15, 0.2) is 42.9 Å². The number of amides is 1. The summed E-state index contributed by atoms with van der Waals surface area (Å²) in [5.74, 6) is -0.0821. The second-order valence-corrected chi connectivity index (χ2v) is 3.67. The van der Waals surface area contributed by atoms with E-state index >= 15 is 0 Å². The standard InChI is InChI=1S/C14H13N3O/c1-15-14(18)12-5-2-11(3-6-12)4-7-13-8-9-16-10-17-13/h2-10H,1H3,(H,15,18)/b7-4+. The third-order valence-corrected chi connectivity index (χ3v) is 2.45. The lowest BCUT2D eigenvalue weighted by atomic mass is 10.1. The summed E-state index contributed by atoms with van der Waals surface area (Å²) in [5, 5.41) is 2.58. The molecule has 4 heteroatoms. The van der Waals surface area contributed by atoms with Gasteiger partial charge < -0.3 is 5.32 Å². The maximum Gasteiger partial charge on any atom is 0.251 e. The molecule has 0 aliphatic heterocycles. The molecule has 0 aliphatic carbocycles. The molecule has 0 aliphatic rings. The molecule has 2 rings (SSSR count). The fraction of sp³-hybridized carbons (Fsp3) is 0.0714. The first kappa shape index (κ1) is 12.0. The maximum absolute atomic E-state index is 11.4. The smallest absolute Gasteiger partial charge is 0.251 e. The number of carbonyl (C=O) groups excluding carboxylic acids is 1. The molecule has 0 saturated heterocycles. The highest BCUT2D eigenvalue weighted by Gasteiger charge is 2.00. The van der Waals surface area contributed by atoms with Crippen LogP contribution in [0.4, 0.5) is 0 Å². The van der Waals surface area contributed by atoms with Crippen molar-refractivity contribution in [1.29, 1.82) is 0 Å². The van der Waals surface area contributed by atoms with Crippen LogP contribution in [0.3, 0.4) is 0 Å². The fourth-order valence-corrected chi connectivity index (χ4v) is 1.47. The Hall–Kier alpha value is -2.49. The number of benzene rings is 1. The van der Waals surface area contributed by atoms with Crippen molar-refractivity contribution in [3.63, 3.8) is 0 Å². The molecule has 1 amide bonds. The van der Waals surface area contributed by atoms with Gasteiger partial charge in [-0.15, -0.1) is 0 Å². The van der Waals surface area contributed by atoms with E-state index in [2.05, 4.69) is 15.3 Å². The molecule has 1 aromatic carbocycles. The van der Waals surface area contributed by atoms with Gasteiger partial charge in [-0.3, -0.25) is 4.79 Å². The summed E-state index contributed by atoms with van der Waals surface area (Å²) in [6, 6.07) is 9.19. The Bertz CT molecular complexity index is 547. The predicted molar refractivity (Wildman–Crippen MR) is 70.8 cm³/mol. The highest BCUT2D eigenvalue weighted by atomic mass is 16.1. The molecular weight excluding hydrogens is 226 g/mol. The average Bonchev–Trinajstić information content (AvgIpc) is 2.46. The minimum Gasteiger partial charge on any atom is -0.355 e. The molecule has 0 spiro atoms. The Morgan fingerprint density at radius 3 is 2.56 bits per heavy atom. The number of hydrogen-bond acceptors (Lipinski definition) is 3. The van der Waals surface area contributed by atoms with Gasteiger partial charge in [0.25, 0.3) is 5.91 Å². The van der Waals surface area contributed by atoms with Crippen molar-refractivity contribution in [1.82, 2.24) is 15.3 Å². The highest BCUT2D eigenvalue weighted by Crippen LogP contribution is 2.08. The number of carbonyl (C=O) groups is 1. The van der Waals surface area contributed by atoms with E-state index in [0.29, 0.717) is 5.56 Å². The number of rotatable bonds is 3. The van der Waals surface area contributed by atoms with E-state index < -0.39 is 0 Å². The van der Waals surface area contributed by atoms with Gasteiger partial charge >= 0.3 is 0 Å². The number of nitrogens with zero attached hydrogens (tertiary/aromatic N) is 2. The molecule has 0 radical (unpaired) electrons. The van der Waals surface area contributed by atoms with Crippen molar-refractivity contribution in [3.05, 3.63) is 59.7 Å². The van der Waals surface area contributed by atoms with Crippen LogP contribution in [0.25, 0.3) is 12.2 Å². The molecule has 0 unspecified atom stereocenters. The van der Waals surface area contributed by atoms with Gasteiger partial charge in [0.2, 0.25) is 0 Å². The van der Waals surface area contributed by atoms with E-state index in [4.69, 9.17) is 0 Å². The average molecular weight is 239 g/mol. The molecule has 90 valence electrons. The largest absolute Gasteiger partial charge is 0.355 e. The van der Waals surface area contributed by atoms with Crippen molar-refractivity contribution < 1.29 is 4.79 Å². The molecule has 2 aromatic rings. The topological polar surface area (TPSA) is 54.9 Å². The third kappa shape index (κ3) is 3.01. The van der Waals surface area contributed by atoms with Gasteiger partial charge in [-0.25, -0.2) is 9.97 Å². The van der Waals surface area contributed by atoms with E-state index in [1.165, 1.54) is 6.33 Å². The van der Waals surface area contributed by atoms with Crippen LogP contribution >= 0.6 is 0 Å². The first-order valence-electron chi connectivity index (χ1n) is 5.56. The summed E-state index contributed by atoms with van der Waals surface area (Å²) in [7, 11) is 1.62. The molecule has 1 N–H and O–H groups in total. The fourth-order valence-electron chi connectivity index (χ4n) is 1.47. The van der Waals surface area contributed by atoms with Crippen LogP contribution in [0.2, 0.25) is 0 Å². The molecule has 18 heavy (non-hydrogen) atoms. The Balaban J connectivity index is 2.11. The predicted octanol–water partition coefficient (Wildman–Crippen LogP) is 2.01. The van der Waals surface area contributed by atoms with Gasteiger partial charge in [0.05, 0.1) is 5.69 Å². The van der Waals surface area contributed by atoms with Crippen LogP contribution in [0, 0.1) is 0 Å². The van der Waals surface area contributed by atoms with Crippen LogP contribution in [0.5, 0.6) is 0 Å². The van der Waals surface area contributed by atoms with Crippen molar-refractivity contribution in [2.75, 3.05) is 7.05 Å². The zero-order chi connectivity index (χ0) is 12.8. The van der Waals surface area contributed by atoms with Crippen molar-refractivity contribution in [2.45, 2.75) is 0 Å². The quantitative estimate of drug-likeness (QED) is 0.891. The lowest BCUT2D eigenvalue weighted by molar-refractivity contribution is 0.0963. The summed E-state index contributed by atoms with van der Waals surface area (Å²) in [6.45, 7) is 0. The lowest BCUT2D eigenvalue weighted by Crippen LogP contribution is -2.17. The van der Waals surface area contributed by atoms with E-state index in [-0.39, 0.29) is 5.91 Å². The van der Waals surface area contributed by atoms with Crippen LogP contribution in [0.1, 0.15) is 21.6 Å². The normalized spacial score (nSPS) is 10.5. The summed E-state index contributed by atoms with van der Waals surface area (Å²) in [6.07, 6.45) is 7.04. The Morgan fingerprint density at radius 1 is 1.17 bits per heavy atom. The van der Waals surface area contributed by atoms with Gasteiger partial charge in [-0.1, -0.05) is 18.2 Å². The molecule has 0 saturated carbocycles. The summed E-state index contributed by atoms with van der Waals surface area (Å²) >= 11 is 0. The van der Waals surface area contributed by atoms with Gasteiger partial charge in [0.1, 0.15) is 6.33 Å². The van der Waals surface area contributed by atoms with E-state index in [9.17, 15) is 4.79 Å². The number of aromatic nitrogens is 2. The molecule has 0 atom stereocenters. The van der Waals surface area contributed by atoms with Crippen LogP contribution in [-0.2, 0) is 0 Å². The van der Waals surface area contributed by atoms with Crippen molar-refractivity contribution in [3.8, 4) is 0 Å². The Kier molecular flexibility index (Phi) is 3.81. The van der Waals surface area contributed by atoms with E-state index in [1.807, 2.05) is 30.4 Å². The number of nitrogens with one attached hydrogen (secondary N) is 1. The minimum absolute atomic E-state index is 0.0821. The molecular formula is C14H13N3O. The Labute approximate surface area is 105 Å². The minimum atomic E-state index is -0.0821. The molecule has 1 heterocycles. The maximum atomic E-state index is 11.4. The first-order valence-corrected chi connectivity index (χ1v) is 5.56. The van der Waals surface area contributed by atoms with Crippen LogP contribution in [-0.4, -0.2) is 22.9 Å². The van der Waals surface area contributed by atoms with E-state index in [0.717, 1.165) is 11.3 Å². The first-order chi connectivity index (χ1) is 8.79. The molecule has 1 aromatic heterocycles. The van der Waals surface area contributed by atoms with Gasteiger partial charge in [0, 0.05) is 18.8 Å². The van der Waals surface area contributed by atoms with Crippen LogP contribution < -0.4 is 5.32 Å². The summed E-state index contributed by atoms with van der Waals surface area (Å²) in [5.41, 5.74) is 2.51. The van der Waals surface area contributed by atoms with Crippen molar-refractivity contribution >= 4 is 18.1 Å². The second-order valence-electron chi connectivity index (χ2n) is 3.67. The van der Waals surface area contributed by atoms with E-state index in [1.54, 1.807) is 25.4 Å². The number of hydrogen-bond donors (Lipinski definition) is 1. The lowest BCUT2D eigenvalue weighted by Gasteiger charge is -1.99. The Morgan fingerprint density at radius 2 is 1.94 bits per heavy atom.